The van der Waals surface area contributed by atoms with E-state index in [1.165, 1.54) is 32.9 Å². The standard InChI is InChI=1S/C25H32N4O3S3/c1-5-9-17-12-16(13-33-17)22-27-28-25(29(22)6-2)34-14-20(30)26-23-21(24(31)32-15(3)4)18-10-7-8-11-19(18)35-23/h12-13,15H,5-11,14H2,1-4H3,(H,26,30). The van der Waals surface area contributed by atoms with Crippen molar-refractivity contribution >= 4 is 51.3 Å². The molecule has 0 spiro atoms. The summed E-state index contributed by atoms with van der Waals surface area (Å²) in [6.45, 7) is 8.62. The van der Waals surface area contributed by atoms with Crippen LogP contribution in [-0.2, 0) is 35.3 Å². The van der Waals surface area contributed by atoms with Crippen LogP contribution in [-0.4, -0.2) is 38.5 Å². The molecule has 3 heterocycles. The zero-order valence-electron chi connectivity index (χ0n) is 20.7. The molecule has 0 saturated heterocycles. The van der Waals surface area contributed by atoms with Crippen molar-refractivity contribution in [3.05, 3.63) is 32.3 Å². The van der Waals surface area contributed by atoms with E-state index in [1.54, 1.807) is 11.3 Å². The largest absolute Gasteiger partial charge is 0.459 e. The van der Waals surface area contributed by atoms with Gasteiger partial charge in [0, 0.05) is 27.2 Å². The molecule has 1 N–H and O–H groups in total. The highest BCUT2D eigenvalue weighted by Gasteiger charge is 2.28. The number of ether oxygens (including phenoxy) is 1. The van der Waals surface area contributed by atoms with Gasteiger partial charge in [0.15, 0.2) is 11.0 Å². The summed E-state index contributed by atoms with van der Waals surface area (Å²) >= 11 is 4.62. The van der Waals surface area contributed by atoms with Gasteiger partial charge >= 0.3 is 5.97 Å². The van der Waals surface area contributed by atoms with Gasteiger partial charge < -0.3 is 14.6 Å². The Morgan fingerprint density at radius 1 is 1.23 bits per heavy atom. The molecule has 7 nitrogen and oxygen atoms in total. The number of thiophene rings is 2. The second-order valence-corrected chi connectivity index (χ2v) is 11.9. The van der Waals surface area contributed by atoms with Gasteiger partial charge in [0.1, 0.15) is 5.00 Å². The van der Waals surface area contributed by atoms with Crippen molar-refractivity contribution in [3.63, 3.8) is 0 Å². The van der Waals surface area contributed by atoms with Crippen LogP contribution in [0.4, 0.5) is 5.00 Å². The molecule has 4 rings (SSSR count). The lowest BCUT2D eigenvalue weighted by atomic mass is 9.95. The third-order valence-electron chi connectivity index (χ3n) is 5.74. The number of nitrogens with one attached hydrogen (secondary N) is 1. The monoisotopic (exact) mass is 532 g/mol. The van der Waals surface area contributed by atoms with Gasteiger partial charge in [0.05, 0.1) is 17.4 Å². The van der Waals surface area contributed by atoms with Crippen molar-refractivity contribution in [2.45, 2.75) is 84.0 Å². The zero-order chi connectivity index (χ0) is 24.9. The van der Waals surface area contributed by atoms with Crippen LogP contribution < -0.4 is 5.32 Å². The van der Waals surface area contributed by atoms with Gasteiger partial charge in [-0.15, -0.1) is 32.9 Å². The average Bonchev–Trinajstić information content (AvgIpc) is 3.53. The van der Waals surface area contributed by atoms with Crippen molar-refractivity contribution < 1.29 is 14.3 Å². The normalized spacial score (nSPS) is 13.2. The number of anilines is 1. The number of amides is 1. The average molecular weight is 533 g/mol. The summed E-state index contributed by atoms with van der Waals surface area (Å²) in [5.74, 6) is 0.499. The molecule has 3 aromatic rings. The first-order valence-electron chi connectivity index (χ1n) is 12.2. The maximum absolute atomic E-state index is 12.9. The highest BCUT2D eigenvalue weighted by atomic mass is 32.2. The van der Waals surface area contributed by atoms with Crippen LogP contribution in [0, 0.1) is 0 Å². The number of aromatic nitrogens is 3. The van der Waals surface area contributed by atoms with Crippen LogP contribution in [0.3, 0.4) is 0 Å². The summed E-state index contributed by atoms with van der Waals surface area (Å²) in [6.07, 6.45) is 5.91. The number of carbonyl (C=O) groups is 2. The Morgan fingerprint density at radius 3 is 2.77 bits per heavy atom. The Hall–Kier alpha value is -2.17. The summed E-state index contributed by atoms with van der Waals surface area (Å²) in [6, 6.07) is 2.18. The quantitative estimate of drug-likeness (QED) is 0.247. The van der Waals surface area contributed by atoms with Crippen LogP contribution in [0.2, 0.25) is 0 Å². The minimum absolute atomic E-state index is 0.167. The number of fused-ring (bicyclic) bond motifs is 1. The summed E-state index contributed by atoms with van der Waals surface area (Å²) in [5.41, 5.74) is 2.65. The molecule has 0 aliphatic heterocycles. The topological polar surface area (TPSA) is 86.1 Å². The fourth-order valence-corrected chi connectivity index (χ4v) is 7.27. The molecule has 0 aromatic carbocycles. The van der Waals surface area contributed by atoms with E-state index in [0.717, 1.165) is 55.5 Å². The van der Waals surface area contributed by atoms with E-state index in [1.807, 2.05) is 18.4 Å². The van der Waals surface area contributed by atoms with Gasteiger partial charge in [0.25, 0.3) is 0 Å². The molecule has 1 aliphatic carbocycles. The Kier molecular flexibility index (Phi) is 8.67. The van der Waals surface area contributed by atoms with Gasteiger partial charge in [-0.25, -0.2) is 4.79 Å². The van der Waals surface area contributed by atoms with E-state index < -0.39 is 0 Å². The number of aryl methyl sites for hydroxylation is 2. The molecule has 0 radical (unpaired) electrons. The second kappa shape index (κ2) is 11.7. The fraction of sp³-hybridized carbons (Fsp3) is 0.520. The number of rotatable bonds is 10. The van der Waals surface area contributed by atoms with E-state index >= 15 is 0 Å². The van der Waals surface area contributed by atoms with Gasteiger partial charge in [-0.1, -0.05) is 25.1 Å². The van der Waals surface area contributed by atoms with Crippen molar-refractivity contribution in [2.24, 2.45) is 0 Å². The van der Waals surface area contributed by atoms with E-state index in [0.29, 0.717) is 22.3 Å². The van der Waals surface area contributed by atoms with Crippen LogP contribution in [0.5, 0.6) is 0 Å². The fourth-order valence-electron chi connectivity index (χ4n) is 4.21. The van der Waals surface area contributed by atoms with Gasteiger partial charge in [-0.2, -0.15) is 0 Å². The minimum atomic E-state index is -0.351. The van der Waals surface area contributed by atoms with Gasteiger partial charge in [-0.05, 0) is 64.5 Å². The molecule has 35 heavy (non-hydrogen) atoms. The Balaban J connectivity index is 1.47. The first-order valence-corrected chi connectivity index (χ1v) is 14.9. The molecule has 0 saturated carbocycles. The van der Waals surface area contributed by atoms with Gasteiger partial charge in [-0.3, -0.25) is 4.79 Å². The van der Waals surface area contributed by atoms with E-state index in [2.05, 4.69) is 40.8 Å². The lowest BCUT2D eigenvalue weighted by Crippen LogP contribution is -2.19. The van der Waals surface area contributed by atoms with Crippen LogP contribution in [0.25, 0.3) is 11.4 Å². The lowest BCUT2D eigenvalue weighted by molar-refractivity contribution is -0.113. The molecule has 1 amide bonds. The number of thioether (sulfide) groups is 1. The highest BCUT2D eigenvalue weighted by molar-refractivity contribution is 7.99. The Labute approximate surface area is 218 Å². The molecule has 0 fully saturated rings. The zero-order valence-corrected chi connectivity index (χ0v) is 23.1. The number of carbonyl (C=O) groups excluding carboxylic acids is 2. The van der Waals surface area contributed by atoms with Crippen LogP contribution in [0.15, 0.2) is 16.6 Å². The number of nitrogens with zero attached hydrogens (tertiary/aromatic N) is 3. The van der Waals surface area contributed by atoms with E-state index in [9.17, 15) is 9.59 Å². The number of hydrogen-bond donors (Lipinski definition) is 1. The van der Waals surface area contributed by atoms with Crippen molar-refractivity contribution in [3.8, 4) is 11.4 Å². The third-order valence-corrected chi connectivity index (χ3v) is 8.92. The molecular weight excluding hydrogens is 501 g/mol. The van der Waals surface area contributed by atoms with E-state index in [4.69, 9.17) is 4.74 Å². The molecule has 188 valence electrons. The minimum Gasteiger partial charge on any atom is -0.459 e. The predicted molar refractivity (Wildman–Crippen MR) is 144 cm³/mol. The van der Waals surface area contributed by atoms with Crippen molar-refractivity contribution in [1.29, 1.82) is 0 Å². The lowest BCUT2D eigenvalue weighted by Gasteiger charge is -2.14. The molecule has 0 bridgehead atoms. The molecule has 0 atom stereocenters. The maximum atomic E-state index is 12.9. The van der Waals surface area contributed by atoms with Gasteiger partial charge in [0.2, 0.25) is 5.91 Å². The molecular formula is C25H32N4O3S3. The Morgan fingerprint density at radius 2 is 2.03 bits per heavy atom. The smallest absolute Gasteiger partial charge is 0.341 e. The third kappa shape index (κ3) is 5.98. The summed E-state index contributed by atoms with van der Waals surface area (Å²) in [7, 11) is 0. The highest BCUT2D eigenvalue weighted by Crippen LogP contribution is 2.39. The second-order valence-electron chi connectivity index (χ2n) is 8.81. The first kappa shape index (κ1) is 25.9. The van der Waals surface area contributed by atoms with Crippen LogP contribution >= 0.6 is 34.4 Å². The summed E-state index contributed by atoms with van der Waals surface area (Å²) in [4.78, 5) is 28.3. The number of hydrogen-bond acceptors (Lipinski definition) is 8. The Bertz CT molecular complexity index is 1190. The predicted octanol–water partition coefficient (Wildman–Crippen LogP) is 6.22. The molecule has 0 unspecified atom stereocenters. The maximum Gasteiger partial charge on any atom is 0.341 e. The molecule has 3 aromatic heterocycles. The first-order chi connectivity index (χ1) is 16.9. The van der Waals surface area contributed by atoms with Crippen molar-refractivity contribution in [1.82, 2.24) is 14.8 Å². The molecule has 10 heteroatoms. The van der Waals surface area contributed by atoms with Crippen LogP contribution in [0.1, 0.15) is 72.6 Å². The van der Waals surface area contributed by atoms with Crippen molar-refractivity contribution in [2.75, 3.05) is 11.1 Å². The summed E-state index contributed by atoms with van der Waals surface area (Å²) < 4.78 is 7.54. The summed E-state index contributed by atoms with van der Waals surface area (Å²) in [5, 5.41) is 15.2. The molecule has 1 aliphatic rings. The number of esters is 1. The SMILES string of the molecule is CCCc1cc(-c2nnc(SCC(=O)Nc3sc4c(c3C(=O)OC(C)C)CCCC4)n2CC)cs1. The van der Waals surface area contributed by atoms with E-state index in [-0.39, 0.29) is 23.7 Å².